The molecule has 0 aliphatic heterocycles. The first-order valence-corrected chi connectivity index (χ1v) is 10.4. The zero-order chi connectivity index (χ0) is 17.3. The fourth-order valence-electron chi connectivity index (χ4n) is 7.78. The maximum atomic E-state index is 12.2. The van der Waals surface area contributed by atoms with Gasteiger partial charge in [0.2, 0.25) is 0 Å². The highest BCUT2D eigenvalue weighted by Gasteiger charge is 2.60. The van der Waals surface area contributed by atoms with Crippen molar-refractivity contribution in [2.45, 2.75) is 86.0 Å². The number of carbonyl (C=O) groups is 1. The van der Waals surface area contributed by atoms with E-state index in [1.54, 1.807) is 5.57 Å². The Morgan fingerprint density at radius 2 is 1.83 bits per heavy atom. The summed E-state index contributed by atoms with van der Waals surface area (Å²) in [7, 11) is 0. The molecule has 3 saturated carbocycles. The van der Waals surface area contributed by atoms with Crippen LogP contribution in [0, 0.1) is 39.9 Å². The van der Waals surface area contributed by atoms with Gasteiger partial charge in [0.15, 0.2) is 0 Å². The molecular weight excluding hydrogens is 292 g/mol. The molecule has 0 aromatic carbocycles. The topological polar surface area (TPSA) is 17.1 Å². The third-order valence-corrected chi connectivity index (χ3v) is 9.40. The van der Waals surface area contributed by atoms with Gasteiger partial charge in [-0.3, -0.25) is 4.79 Å². The minimum absolute atomic E-state index is 0.217. The quantitative estimate of drug-likeness (QED) is 0.525. The van der Waals surface area contributed by atoms with Crippen molar-refractivity contribution in [1.82, 2.24) is 0 Å². The number of carbonyl (C=O) groups excluding carboxylic acids is 1. The highest BCUT2D eigenvalue weighted by Crippen LogP contribution is 2.69. The molecule has 0 N–H and O–H groups in total. The Labute approximate surface area is 148 Å². The van der Waals surface area contributed by atoms with Gasteiger partial charge in [0, 0.05) is 12.8 Å². The summed E-state index contributed by atoms with van der Waals surface area (Å²) in [6.07, 6.45) is 12.2. The minimum atomic E-state index is 0.217. The van der Waals surface area contributed by atoms with Crippen LogP contribution in [-0.2, 0) is 4.79 Å². The van der Waals surface area contributed by atoms with Crippen LogP contribution in [-0.4, -0.2) is 5.78 Å². The zero-order valence-electron chi connectivity index (χ0n) is 16.5. The van der Waals surface area contributed by atoms with Crippen molar-refractivity contribution in [3.8, 4) is 0 Å². The first kappa shape index (κ1) is 16.9. The lowest BCUT2D eigenvalue weighted by atomic mass is 9.43. The van der Waals surface area contributed by atoms with Crippen molar-refractivity contribution in [3.63, 3.8) is 0 Å². The van der Waals surface area contributed by atoms with Crippen LogP contribution in [0.1, 0.15) is 86.0 Å². The molecule has 4 aliphatic rings. The van der Waals surface area contributed by atoms with Gasteiger partial charge in [-0.05, 0) is 78.4 Å². The van der Waals surface area contributed by atoms with E-state index in [4.69, 9.17) is 0 Å². The minimum Gasteiger partial charge on any atom is -0.300 e. The highest BCUT2D eigenvalue weighted by atomic mass is 16.1. The number of ketones is 1. The summed E-state index contributed by atoms with van der Waals surface area (Å²) in [5, 5.41) is 0. The van der Waals surface area contributed by atoms with Crippen molar-refractivity contribution >= 4 is 5.78 Å². The van der Waals surface area contributed by atoms with Crippen molar-refractivity contribution < 1.29 is 4.79 Å². The molecule has 0 amide bonds. The Kier molecular flexibility index (Phi) is 3.66. The average molecular weight is 329 g/mol. The van der Waals surface area contributed by atoms with Crippen LogP contribution in [0.2, 0.25) is 0 Å². The molecule has 1 heteroatoms. The van der Waals surface area contributed by atoms with Crippen LogP contribution in [0.25, 0.3) is 0 Å². The lowest BCUT2D eigenvalue weighted by Gasteiger charge is -2.60. The molecule has 1 nitrogen and oxygen atoms in total. The second-order valence-corrected chi connectivity index (χ2v) is 10.7. The molecule has 0 saturated heterocycles. The normalized spacial score (nSPS) is 51.0. The average Bonchev–Trinajstić information content (AvgIpc) is 2.86. The van der Waals surface area contributed by atoms with Gasteiger partial charge in [-0.1, -0.05) is 46.3 Å². The van der Waals surface area contributed by atoms with Gasteiger partial charge in [-0.2, -0.15) is 0 Å². The van der Waals surface area contributed by atoms with Crippen LogP contribution in [0.5, 0.6) is 0 Å². The van der Waals surface area contributed by atoms with E-state index in [0.29, 0.717) is 11.2 Å². The van der Waals surface area contributed by atoms with E-state index in [0.717, 1.165) is 42.9 Å². The van der Waals surface area contributed by atoms with E-state index in [1.807, 2.05) is 0 Å². The monoisotopic (exact) mass is 328 g/mol. The van der Waals surface area contributed by atoms with Crippen LogP contribution in [0.4, 0.5) is 0 Å². The fraction of sp³-hybridized carbons (Fsp3) is 0.870. The summed E-state index contributed by atoms with van der Waals surface area (Å²) in [4.78, 5) is 12.2. The largest absolute Gasteiger partial charge is 0.300 e. The van der Waals surface area contributed by atoms with Gasteiger partial charge in [0.1, 0.15) is 5.78 Å². The van der Waals surface area contributed by atoms with E-state index < -0.39 is 0 Å². The fourth-order valence-corrected chi connectivity index (χ4v) is 7.78. The first-order valence-electron chi connectivity index (χ1n) is 10.4. The number of hydrogen-bond acceptors (Lipinski definition) is 1. The molecule has 0 bridgehead atoms. The van der Waals surface area contributed by atoms with E-state index in [-0.39, 0.29) is 10.8 Å². The lowest BCUT2D eigenvalue weighted by Crippen LogP contribution is -2.53. The molecule has 0 heterocycles. The van der Waals surface area contributed by atoms with Crippen molar-refractivity contribution in [3.05, 3.63) is 11.6 Å². The first-order chi connectivity index (χ1) is 11.2. The number of rotatable bonds is 1. The maximum Gasteiger partial charge on any atom is 0.133 e. The van der Waals surface area contributed by atoms with E-state index in [1.165, 1.54) is 32.1 Å². The van der Waals surface area contributed by atoms with Crippen molar-refractivity contribution in [2.24, 2.45) is 39.9 Å². The third-order valence-electron chi connectivity index (χ3n) is 9.40. The van der Waals surface area contributed by atoms with Crippen LogP contribution < -0.4 is 0 Å². The Balaban J connectivity index is 1.72. The van der Waals surface area contributed by atoms with Crippen LogP contribution >= 0.6 is 0 Å². The van der Waals surface area contributed by atoms with Crippen molar-refractivity contribution in [2.75, 3.05) is 0 Å². The SMILES string of the molecule is CC(C)[C@H]1CCC2C3CC[C@]4(C)CC(=O)CC[C@]4(C)C3=CC[C@@]21C. The number of hydrogen-bond donors (Lipinski definition) is 0. The second kappa shape index (κ2) is 5.21. The molecule has 24 heavy (non-hydrogen) atoms. The van der Waals surface area contributed by atoms with Gasteiger partial charge in [-0.25, -0.2) is 0 Å². The Hall–Kier alpha value is -0.590. The summed E-state index contributed by atoms with van der Waals surface area (Å²) in [5.41, 5.74) is 2.79. The highest BCUT2D eigenvalue weighted by molar-refractivity contribution is 5.80. The molecule has 0 aromatic rings. The molecule has 134 valence electrons. The number of Topliss-reactive ketones (excluding diaryl/α,β-unsaturated/α-hetero) is 1. The Morgan fingerprint density at radius 1 is 1.08 bits per heavy atom. The summed E-state index contributed by atoms with van der Waals surface area (Å²) in [6.45, 7) is 12.4. The molecule has 0 radical (unpaired) electrons. The Bertz CT molecular complexity index is 587. The predicted octanol–water partition coefficient (Wildman–Crippen LogP) is 6.18. The number of allylic oxidation sites excluding steroid dienone is 2. The molecule has 6 atom stereocenters. The summed E-state index contributed by atoms with van der Waals surface area (Å²) in [5.74, 6) is 3.92. The molecule has 0 spiro atoms. The van der Waals surface area contributed by atoms with Crippen LogP contribution in [0.3, 0.4) is 0 Å². The van der Waals surface area contributed by atoms with E-state index >= 15 is 0 Å². The van der Waals surface area contributed by atoms with E-state index in [9.17, 15) is 4.79 Å². The summed E-state index contributed by atoms with van der Waals surface area (Å²) >= 11 is 0. The molecular formula is C23H36O. The second-order valence-electron chi connectivity index (χ2n) is 10.7. The molecule has 2 unspecified atom stereocenters. The number of fused-ring (bicyclic) bond motifs is 5. The lowest BCUT2D eigenvalue weighted by molar-refractivity contribution is -0.131. The zero-order valence-corrected chi connectivity index (χ0v) is 16.5. The van der Waals surface area contributed by atoms with Crippen molar-refractivity contribution in [1.29, 1.82) is 0 Å². The summed E-state index contributed by atoms with van der Waals surface area (Å²) in [6, 6.07) is 0. The molecule has 4 aliphatic carbocycles. The predicted molar refractivity (Wildman–Crippen MR) is 99.7 cm³/mol. The third kappa shape index (κ3) is 2.02. The molecule has 4 rings (SSSR count). The van der Waals surface area contributed by atoms with Gasteiger partial charge >= 0.3 is 0 Å². The van der Waals surface area contributed by atoms with Crippen LogP contribution in [0.15, 0.2) is 11.6 Å². The Morgan fingerprint density at radius 3 is 2.54 bits per heavy atom. The summed E-state index contributed by atoms with van der Waals surface area (Å²) < 4.78 is 0. The van der Waals surface area contributed by atoms with Gasteiger partial charge in [0.05, 0.1) is 0 Å². The van der Waals surface area contributed by atoms with Gasteiger partial charge < -0.3 is 0 Å². The van der Waals surface area contributed by atoms with Gasteiger partial charge in [-0.15, -0.1) is 0 Å². The molecule has 3 fully saturated rings. The van der Waals surface area contributed by atoms with Gasteiger partial charge in [0.25, 0.3) is 0 Å². The smallest absolute Gasteiger partial charge is 0.133 e. The molecule has 0 aromatic heterocycles. The van der Waals surface area contributed by atoms with E-state index in [2.05, 4.69) is 40.7 Å². The standard InChI is InChI=1S/C23H36O/c1-15(2)18-6-7-19-17-9-11-21(3)14-16(24)8-13-23(21,5)20(17)10-12-22(18,19)4/h10,15,17-19H,6-9,11-14H2,1-5H3/t17?,18-,19?,21-,22-,23-/m1/s1. The maximum absolute atomic E-state index is 12.2.